The van der Waals surface area contributed by atoms with Gasteiger partial charge in [0.1, 0.15) is 5.82 Å². The van der Waals surface area contributed by atoms with E-state index in [2.05, 4.69) is 6.92 Å². The van der Waals surface area contributed by atoms with Gasteiger partial charge in [0.25, 0.3) is 5.91 Å². The van der Waals surface area contributed by atoms with Gasteiger partial charge >= 0.3 is 0 Å². The number of sulfonamides is 1. The molecule has 0 saturated heterocycles. The second kappa shape index (κ2) is 5.38. The molecule has 1 fully saturated rings. The molecule has 7 heteroatoms. The molecule has 5 nitrogen and oxygen atoms in total. The zero-order chi connectivity index (χ0) is 15.9. The van der Waals surface area contributed by atoms with Gasteiger partial charge in [-0.25, -0.2) is 17.9 Å². The van der Waals surface area contributed by atoms with Crippen LogP contribution in [0.15, 0.2) is 17.0 Å². The molecule has 2 atom stereocenters. The lowest BCUT2D eigenvalue weighted by Crippen LogP contribution is -2.30. The van der Waals surface area contributed by atoms with Gasteiger partial charge in [-0.1, -0.05) is 6.92 Å². The van der Waals surface area contributed by atoms with Crippen LogP contribution in [0.25, 0.3) is 0 Å². The lowest BCUT2D eigenvalue weighted by atomic mass is 10.1. The Hall–Kier alpha value is -1.47. The third kappa shape index (κ3) is 3.41. The maximum atomic E-state index is 14.1. The molecule has 2 rings (SSSR count). The van der Waals surface area contributed by atoms with Crippen LogP contribution in [0.5, 0.6) is 0 Å². The van der Waals surface area contributed by atoms with Gasteiger partial charge in [-0.05, 0) is 42.9 Å². The molecule has 21 heavy (non-hydrogen) atoms. The van der Waals surface area contributed by atoms with E-state index in [1.165, 1.54) is 11.8 Å². The number of amides is 1. The number of primary sulfonamides is 1. The molecule has 0 radical (unpaired) electrons. The van der Waals surface area contributed by atoms with Gasteiger partial charge in [0.15, 0.2) is 0 Å². The maximum Gasteiger partial charge on any atom is 0.256 e. The molecule has 1 aromatic rings. The number of carbonyl (C=O) groups is 1. The summed E-state index contributed by atoms with van der Waals surface area (Å²) < 4.78 is 36.9. The predicted octanol–water partition coefficient (Wildman–Crippen LogP) is 1.51. The van der Waals surface area contributed by atoms with E-state index in [0.717, 1.165) is 18.6 Å². The number of benzene rings is 1. The average molecular weight is 314 g/mol. The molecule has 116 valence electrons. The molecule has 0 heterocycles. The minimum Gasteiger partial charge on any atom is -0.341 e. The molecule has 2 unspecified atom stereocenters. The van der Waals surface area contributed by atoms with E-state index < -0.39 is 21.7 Å². The first-order valence-corrected chi connectivity index (χ1v) is 8.24. The Bertz CT molecular complexity index is 688. The third-order valence-electron chi connectivity index (χ3n) is 3.92. The summed E-state index contributed by atoms with van der Waals surface area (Å²) in [6, 6.07) is 2.14. The van der Waals surface area contributed by atoms with Crippen molar-refractivity contribution in [2.75, 3.05) is 13.6 Å². The molecule has 1 aliphatic carbocycles. The van der Waals surface area contributed by atoms with Crippen LogP contribution in [-0.2, 0) is 10.0 Å². The van der Waals surface area contributed by atoms with Crippen LogP contribution in [0.1, 0.15) is 29.3 Å². The molecular weight excluding hydrogens is 295 g/mol. The molecule has 1 amide bonds. The largest absolute Gasteiger partial charge is 0.341 e. The van der Waals surface area contributed by atoms with E-state index in [4.69, 9.17) is 5.14 Å². The minimum absolute atomic E-state index is 0.0815. The topological polar surface area (TPSA) is 80.5 Å². The molecule has 2 N–H and O–H groups in total. The summed E-state index contributed by atoms with van der Waals surface area (Å²) in [4.78, 5) is 13.5. The van der Waals surface area contributed by atoms with Crippen LogP contribution in [0.2, 0.25) is 0 Å². The number of nitrogens with zero attached hydrogens (tertiary/aromatic N) is 1. The van der Waals surface area contributed by atoms with Gasteiger partial charge in [0, 0.05) is 13.6 Å². The highest BCUT2D eigenvalue weighted by Crippen LogP contribution is 2.38. The number of hydrogen-bond acceptors (Lipinski definition) is 3. The van der Waals surface area contributed by atoms with E-state index >= 15 is 0 Å². The number of rotatable bonds is 4. The van der Waals surface area contributed by atoms with E-state index in [0.29, 0.717) is 18.4 Å². The van der Waals surface area contributed by atoms with Crippen LogP contribution in [0, 0.1) is 24.6 Å². The normalized spacial score (nSPS) is 21.2. The van der Waals surface area contributed by atoms with Crippen molar-refractivity contribution in [1.82, 2.24) is 4.90 Å². The third-order valence-corrected chi connectivity index (χ3v) is 4.81. The Balaban J connectivity index is 2.33. The van der Waals surface area contributed by atoms with Crippen LogP contribution in [0.3, 0.4) is 0 Å². The molecular formula is C14H19FN2O3S. The number of aryl methyl sites for hydroxylation is 1. The molecule has 1 aliphatic rings. The number of nitrogens with two attached hydrogens (primary N) is 1. The van der Waals surface area contributed by atoms with Crippen molar-refractivity contribution in [3.05, 3.63) is 29.1 Å². The molecule has 0 aromatic heterocycles. The van der Waals surface area contributed by atoms with E-state index in [-0.39, 0.29) is 16.0 Å². The van der Waals surface area contributed by atoms with E-state index in [1.54, 1.807) is 7.05 Å². The summed E-state index contributed by atoms with van der Waals surface area (Å²) in [5.41, 5.74) is -0.173. The summed E-state index contributed by atoms with van der Waals surface area (Å²) in [5.74, 6) is -0.226. The van der Waals surface area contributed by atoms with Crippen molar-refractivity contribution in [3.8, 4) is 0 Å². The Labute approximate surface area is 124 Å². The van der Waals surface area contributed by atoms with Crippen LogP contribution >= 0.6 is 0 Å². The fourth-order valence-corrected chi connectivity index (χ4v) is 2.97. The second-order valence-electron chi connectivity index (χ2n) is 5.81. The fourth-order valence-electron chi connectivity index (χ4n) is 2.35. The summed E-state index contributed by atoms with van der Waals surface area (Å²) in [6.07, 6.45) is 1.05. The van der Waals surface area contributed by atoms with Gasteiger partial charge in [-0.3, -0.25) is 4.79 Å². The number of halogens is 1. The molecule has 1 aromatic carbocycles. The van der Waals surface area contributed by atoms with Crippen LogP contribution in [-0.4, -0.2) is 32.8 Å². The first-order valence-electron chi connectivity index (χ1n) is 6.69. The number of hydrogen-bond donors (Lipinski definition) is 1. The van der Waals surface area contributed by atoms with Crippen molar-refractivity contribution in [2.24, 2.45) is 17.0 Å². The van der Waals surface area contributed by atoms with Crippen molar-refractivity contribution in [3.63, 3.8) is 0 Å². The van der Waals surface area contributed by atoms with Crippen molar-refractivity contribution in [1.29, 1.82) is 0 Å². The second-order valence-corrected chi connectivity index (χ2v) is 7.37. The summed E-state index contributed by atoms with van der Waals surface area (Å²) in [6.45, 7) is 4.04. The Morgan fingerprint density at radius 1 is 1.48 bits per heavy atom. The SMILES string of the molecule is Cc1cc(S(N)(=O)=O)cc(C(=O)N(C)CC2CC2C)c1F. The summed E-state index contributed by atoms with van der Waals surface area (Å²) in [5, 5.41) is 5.05. The quantitative estimate of drug-likeness (QED) is 0.914. The van der Waals surface area contributed by atoms with E-state index in [1.807, 2.05) is 0 Å². The highest BCUT2D eigenvalue weighted by atomic mass is 32.2. The van der Waals surface area contributed by atoms with Crippen LogP contribution < -0.4 is 5.14 Å². The average Bonchev–Trinajstić information content (AvgIpc) is 3.05. The smallest absolute Gasteiger partial charge is 0.256 e. The van der Waals surface area contributed by atoms with Crippen molar-refractivity contribution < 1.29 is 17.6 Å². The fraction of sp³-hybridized carbons (Fsp3) is 0.500. The lowest BCUT2D eigenvalue weighted by molar-refractivity contribution is 0.0782. The molecule has 0 bridgehead atoms. The molecule has 0 aliphatic heterocycles. The highest BCUT2D eigenvalue weighted by Gasteiger charge is 2.34. The minimum atomic E-state index is -3.98. The zero-order valence-corrected chi connectivity index (χ0v) is 13.1. The van der Waals surface area contributed by atoms with Gasteiger partial charge in [-0.2, -0.15) is 0 Å². The van der Waals surface area contributed by atoms with Gasteiger partial charge in [0.2, 0.25) is 10.0 Å². The van der Waals surface area contributed by atoms with Crippen molar-refractivity contribution >= 4 is 15.9 Å². The Morgan fingerprint density at radius 3 is 2.52 bits per heavy atom. The first-order chi connectivity index (χ1) is 9.61. The number of carbonyl (C=O) groups excluding carboxylic acids is 1. The van der Waals surface area contributed by atoms with Gasteiger partial charge in [-0.15, -0.1) is 0 Å². The van der Waals surface area contributed by atoms with Crippen molar-refractivity contribution in [2.45, 2.75) is 25.2 Å². The Morgan fingerprint density at radius 2 is 2.05 bits per heavy atom. The Kier molecular flexibility index (Phi) is 4.08. The highest BCUT2D eigenvalue weighted by molar-refractivity contribution is 7.89. The zero-order valence-electron chi connectivity index (χ0n) is 12.3. The monoisotopic (exact) mass is 314 g/mol. The standard InChI is InChI=1S/C14H19FN2O3S/c1-8-4-10(8)7-17(3)14(18)12-6-11(21(16,19)20)5-9(2)13(12)15/h5-6,8,10H,4,7H2,1-3H3,(H2,16,19,20). The van der Waals surface area contributed by atoms with Gasteiger partial charge in [0.05, 0.1) is 10.5 Å². The molecule has 0 spiro atoms. The van der Waals surface area contributed by atoms with Gasteiger partial charge < -0.3 is 4.90 Å². The predicted molar refractivity (Wildman–Crippen MR) is 76.7 cm³/mol. The first kappa shape index (κ1) is 15.9. The molecule has 1 saturated carbocycles. The summed E-state index contributed by atoms with van der Waals surface area (Å²) in [7, 11) is -2.39. The summed E-state index contributed by atoms with van der Waals surface area (Å²) >= 11 is 0. The maximum absolute atomic E-state index is 14.1. The lowest BCUT2D eigenvalue weighted by Gasteiger charge is -2.18. The van der Waals surface area contributed by atoms with E-state index in [9.17, 15) is 17.6 Å². The van der Waals surface area contributed by atoms with Crippen LogP contribution in [0.4, 0.5) is 4.39 Å².